The highest BCUT2D eigenvalue weighted by Crippen LogP contribution is 2.31. The fraction of sp³-hybridized carbons (Fsp3) is 1.00. The van der Waals surface area contributed by atoms with Crippen molar-refractivity contribution < 1.29 is 0 Å². The third-order valence-corrected chi connectivity index (χ3v) is 5.14. The van der Waals surface area contributed by atoms with Crippen molar-refractivity contribution >= 4 is 11.8 Å². The van der Waals surface area contributed by atoms with Crippen molar-refractivity contribution in [1.29, 1.82) is 0 Å². The Morgan fingerprint density at radius 2 is 2.24 bits per heavy atom. The number of hydrogen-bond donors (Lipinski definition) is 1. The molecule has 102 valence electrons. The van der Waals surface area contributed by atoms with Crippen molar-refractivity contribution in [2.24, 2.45) is 5.73 Å². The number of likely N-dealkylation sites (tertiary alicyclic amines) is 1. The van der Waals surface area contributed by atoms with Gasteiger partial charge in [0, 0.05) is 30.7 Å². The predicted octanol–water partition coefficient (Wildman–Crippen LogP) is 1.48. The lowest BCUT2D eigenvalue weighted by Crippen LogP contribution is -2.56. The first-order chi connectivity index (χ1) is 7.96. The summed E-state index contributed by atoms with van der Waals surface area (Å²) in [5, 5.41) is 0. The molecule has 0 aromatic heterocycles. The summed E-state index contributed by atoms with van der Waals surface area (Å²) in [5.74, 6) is 1.23. The molecular formula is C13H29N3S. The molecule has 0 spiro atoms. The molecule has 4 heteroatoms. The van der Waals surface area contributed by atoms with Crippen LogP contribution in [0, 0.1) is 0 Å². The summed E-state index contributed by atoms with van der Waals surface area (Å²) in [6, 6.07) is 1.26. The summed E-state index contributed by atoms with van der Waals surface area (Å²) in [7, 11) is 4.46. The van der Waals surface area contributed by atoms with Crippen molar-refractivity contribution in [2.45, 2.75) is 44.3 Å². The van der Waals surface area contributed by atoms with Crippen LogP contribution in [0.4, 0.5) is 0 Å². The lowest BCUT2D eigenvalue weighted by molar-refractivity contribution is 0.0907. The minimum absolute atomic E-state index is 0.186. The zero-order chi connectivity index (χ0) is 13.1. The maximum absolute atomic E-state index is 6.09. The van der Waals surface area contributed by atoms with E-state index in [0.717, 1.165) is 13.1 Å². The summed E-state index contributed by atoms with van der Waals surface area (Å²) in [6.07, 6.45) is 4.62. The van der Waals surface area contributed by atoms with Crippen LogP contribution in [0.15, 0.2) is 0 Å². The maximum Gasteiger partial charge on any atom is 0.0472 e. The second kappa shape index (κ2) is 6.41. The summed E-state index contributed by atoms with van der Waals surface area (Å²) < 4.78 is 0. The molecule has 1 aliphatic heterocycles. The lowest BCUT2D eigenvalue weighted by Gasteiger charge is -2.41. The van der Waals surface area contributed by atoms with E-state index in [9.17, 15) is 0 Å². The van der Waals surface area contributed by atoms with E-state index < -0.39 is 0 Å². The van der Waals surface area contributed by atoms with Gasteiger partial charge in [0.05, 0.1) is 0 Å². The van der Waals surface area contributed by atoms with Crippen LogP contribution in [0.1, 0.15) is 26.7 Å². The Morgan fingerprint density at radius 3 is 2.65 bits per heavy atom. The maximum atomic E-state index is 6.09. The first kappa shape index (κ1) is 15.3. The molecule has 0 bridgehead atoms. The highest BCUT2D eigenvalue weighted by Gasteiger charge is 2.43. The van der Waals surface area contributed by atoms with Gasteiger partial charge in [-0.1, -0.05) is 0 Å². The quantitative estimate of drug-likeness (QED) is 0.783. The highest BCUT2D eigenvalue weighted by molar-refractivity contribution is 7.98. The number of hydrogen-bond acceptors (Lipinski definition) is 4. The van der Waals surface area contributed by atoms with Gasteiger partial charge >= 0.3 is 0 Å². The van der Waals surface area contributed by atoms with Gasteiger partial charge < -0.3 is 10.6 Å². The van der Waals surface area contributed by atoms with E-state index in [4.69, 9.17) is 5.73 Å². The molecule has 3 nitrogen and oxygen atoms in total. The fourth-order valence-electron chi connectivity index (χ4n) is 2.89. The molecule has 0 aliphatic carbocycles. The topological polar surface area (TPSA) is 32.5 Å². The van der Waals surface area contributed by atoms with E-state index in [1.165, 1.54) is 18.6 Å². The van der Waals surface area contributed by atoms with Crippen molar-refractivity contribution in [1.82, 2.24) is 9.80 Å². The summed E-state index contributed by atoms with van der Waals surface area (Å²) in [6.45, 7) is 6.50. The summed E-state index contributed by atoms with van der Waals surface area (Å²) in [5.41, 5.74) is 6.27. The van der Waals surface area contributed by atoms with E-state index in [0.29, 0.717) is 12.1 Å². The van der Waals surface area contributed by atoms with Crippen LogP contribution < -0.4 is 5.73 Å². The molecule has 0 amide bonds. The fourth-order valence-corrected chi connectivity index (χ4v) is 3.46. The van der Waals surface area contributed by atoms with Gasteiger partial charge in [-0.3, -0.25) is 4.90 Å². The molecule has 3 unspecified atom stereocenters. The molecule has 1 saturated heterocycles. The molecule has 0 saturated carbocycles. The Balaban J connectivity index is 2.66. The minimum Gasteiger partial charge on any atom is -0.329 e. The van der Waals surface area contributed by atoms with Crippen molar-refractivity contribution in [2.75, 3.05) is 39.2 Å². The van der Waals surface area contributed by atoms with Crippen LogP contribution in [0.25, 0.3) is 0 Å². The third-order valence-electron chi connectivity index (χ3n) is 4.50. The van der Waals surface area contributed by atoms with Crippen LogP contribution >= 0.6 is 11.8 Å². The first-order valence-electron chi connectivity index (χ1n) is 6.59. The Morgan fingerprint density at radius 1 is 1.59 bits per heavy atom. The molecule has 2 N–H and O–H groups in total. The van der Waals surface area contributed by atoms with Crippen molar-refractivity contribution in [3.8, 4) is 0 Å². The van der Waals surface area contributed by atoms with Gasteiger partial charge in [0.15, 0.2) is 0 Å². The van der Waals surface area contributed by atoms with E-state index in [1.54, 1.807) is 0 Å². The smallest absolute Gasteiger partial charge is 0.0472 e. The standard InChI is InChI=1S/C13H29N3S/c1-11(6-7-17-5)16(4)13(9-14)8-12(2)15(3)10-13/h11-12H,6-10,14H2,1-5H3. The highest BCUT2D eigenvalue weighted by atomic mass is 32.2. The van der Waals surface area contributed by atoms with E-state index in [-0.39, 0.29) is 5.54 Å². The zero-order valence-electron chi connectivity index (χ0n) is 12.1. The van der Waals surface area contributed by atoms with Gasteiger partial charge in [-0.15, -0.1) is 0 Å². The second-order valence-electron chi connectivity index (χ2n) is 5.64. The van der Waals surface area contributed by atoms with Gasteiger partial charge in [-0.2, -0.15) is 11.8 Å². The molecule has 0 radical (unpaired) electrons. The third kappa shape index (κ3) is 3.37. The van der Waals surface area contributed by atoms with Gasteiger partial charge in [-0.05, 0) is 52.8 Å². The minimum atomic E-state index is 0.186. The van der Waals surface area contributed by atoms with Gasteiger partial charge in [-0.25, -0.2) is 0 Å². The molecule has 1 fully saturated rings. The van der Waals surface area contributed by atoms with E-state index in [1.807, 2.05) is 11.8 Å². The van der Waals surface area contributed by atoms with Crippen LogP contribution in [-0.4, -0.2) is 66.6 Å². The van der Waals surface area contributed by atoms with Gasteiger partial charge in [0.1, 0.15) is 0 Å². The van der Waals surface area contributed by atoms with Gasteiger partial charge in [0.2, 0.25) is 0 Å². The van der Waals surface area contributed by atoms with Crippen molar-refractivity contribution in [3.63, 3.8) is 0 Å². The number of rotatable bonds is 6. The number of likely N-dealkylation sites (N-methyl/N-ethyl adjacent to an activating group) is 2. The first-order valence-corrected chi connectivity index (χ1v) is 7.98. The number of thioether (sulfide) groups is 1. The molecule has 17 heavy (non-hydrogen) atoms. The Labute approximate surface area is 111 Å². The molecule has 1 heterocycles. The molecule has 3 atom stereocenters. The SMILES string of the molecule is CSCCC(C)N(C)C1(CN)CC(C)N(C)C1. The van der Waals surface area contributed by atoms with Crippen LogP contribution in [0.2, 0.25) is 0 Å². The predicted molar refractivity (Wildman–Crippen MR) is 78.7 cm³/mol. The molecular weight excluding hydrogens is 230 g/mol. The Hall–Kier alpha value is 0.230. The largest absolute Gasteiger partial charge is 0.329 e. The normalized spacial score (nSPS) is 32.3. The molecule has 1 rings (SSSR count). The van der Waals surface area contributed by atoms with Crippen molar-refractivity contribution in [3.05, 3.63) is 0 Å². The van der Waals surface area contributed by atoms with Gasteiger partial charge in [0.25, 0.3) is 0 Å². The van der Waals surface area contributed by atoms with E-state index >= 15 is 0 Å². The number of nitrogens with two attached hydrogens (primary N) is 1. The molecule has 0 aromatic carbocycles. The molecule has 1 aliphatic rings. The second-order valence-corrected chi connectivity index (χ2v) is 6.62. The zero-order valence-corrected chi connectivity index (χ0v) is 12.9. The van der Waals surface area contributed by atoms with Crippen LogP contribution in [-0.2, 0) is 0 Å². The summed E-state index contributed by atoms with van der Waals surface area (Å²) in [4.78, 5) is 4.97. The monoisotopic (exact) mass is 259 g/mol. The van der Waals surface area contributed by atoms with E-state index in [2.05, 4.69) is 44.0 Å². The average Bonchev–Trinajstić information content (AvgIpc) is 2.62. The summed E-state index contributed by atoms with van der Waals surface area (Å²) >= 11 is 1.93. The lowest BCUT2D eigenvalue weighted by atomic mass is 9.92. The Bertz CT molecular complexity index is 225. The van der Waals surface area contributed by atoms with Crippen LogP contribution in [0.3, 0.4) is 0 Å². The van der Waals surface area contributed by atoms with Crippen LogP contribution in [0.5, 0.6) is 0 Å². The number of nitrogens with zero attached hydrogens (tertiary/aromatic N) is 2. The Kier molecular flexibility index (Phi) is 5.77. The average molecular weight is 259 g/mol. The molecule has 0 aromatic rings.